The number of hydrogen-bond acceptors (Lipinski definition) is 3. The van der Waals surface area contributed by atoms with E-state index < -0.39 is 39.4 Å². The zero-order chi connectivity index (χ0) is 17.6. The summed E-state index contributed by atoms with van der Waals surface area (Å²) in [6.07, 6.45) is 0.330. The Hall–Kier alpha value is -0.120. The molecule has 1 heterocycles. The number of halogens is 3. The molecule has 0 aliphatic carbocycles. The smallest absolute Gasteiger partial charge is 0.165 e. The van der Waals surface area contributed by atoms with Crippen LogP contribution in [0.2, 0.25) is 0 Å². The minimum atomic E-state index is -1.32. The molecule has 3 unspecified atom stereocenters. The van der Waals surface area contributed by atoms with Crippen LogP contribution in [0.15, 0.2) is 6.07 Å². The van der Waals surface area contributed by atoms with Gasteiger partial charge in [0.25, 0.3) is 0 Å². The van der Waals surface area contributed by atoms with Gasteiger partial charge in [0.1, 0.15) is 16.1 Å². The molecule has 2 rings (SSSR count). The fourth-order valence-corrected chi connectivity index (χ4v) is 3.64. The lowest BCUT2D eigenvalue weighted by Crippen LogP contribution is -2.40. The molecule has 0 bridgehead atoms. The fourth-order valence-electron chi connectivity index (χ4n) is 2.42. The van der Waals surface area contributed by atoms with E-state index in [-0.39, 0.29) is 5.56 Å². The van der Waals surface area contributed by atoms with E-state index in [1.807, 2.05) is 27.7 Å². The van der Waals surface area contributed by atoms with Gasteiger partial charge in [0.2, 0.25) is 0 Å². The van der Waals surface area contributed by atoms with Crippen molar-refractivity contribution in [2.24, 2.45) is 0 Å². The maximum atomic E-state index is 14.1. The standard InChI is InChI=1S/C16H22F2INO2S/c1-9(20-23(21)15(2,3)4)10-6-12(17)13(18)11-7-16(5,8-19)22-14(10)11/h6,9,20H,7-8H2,1-5H3. The number of fused-ring (bicyclic) bond motifs is 1. The van der Waals surface area contributed by atoms with Crippen LogP contribution in [0.5, 0.6) is 5.75 Å². The van der Waals surface area contributed by atoms with Crippen LogP contribution in [0, 0.1) is 11.6 Å². The third kappa shape index (κ3) is 3.93. The molecule has 0 aromatic heterocycles. The SMILES string of the molecule is CC(N[S+]([O-])C(C)(C)C)c1cc(F)c(F)c2c1OC(C)(CI)C2. The highest BCUT2D eigenvalue weighted by atomic mass is 127. The first-order valence-electron chi connectivity index (χ1n) is 7.42. The molecule has 1 N–H and O–H groups in total. The molecular weight excluding hydrogens is 435 g/mol. The highest BCUT2D eigenvalue weighted by Crippen LogP contribution is 2.43. The average Bonchev–Trinajstić information content (AvgIpc) is 2.80. The molecule has 1 aliphatic heterocycles. The van der Waals surface area contributed by atoms with Gasteiger partial charge in [-0.2, -0.15) is 0 Å². The molecule has 1 aliphatic rings. The third-order valence-electron chi connectivity index (χ3n) is 3.78. The second-order valence-electron chi connectivity index (χ2n) is 7.15. The number of nitrogens with one attached hydrogen (secondary N) is 1. The Kier molecular flexibility index (Phi) is 5.55. The van der Waals surface area contributed by atoms with Crippen LogP contribution in [0.1, 0.15) is 51.8 Å². The molecule has 130 valence electrons. The number of alkyl halides is 1. The molecule has 0 spiro atoms. The first-order chi connectivity index (χ1) is 10.5. The van der Waals surface area contributed by atoms with E-state index in [0.717, 1.165) is 6.07 Å². The Morgan fingerprint density at radius 2 is 2.09 bits per heavy atom. The Bertz CT molecular complexity index is 609. The topological polar surface area (TPSA) is 44.3 Å². The summed E-state index contributed by atoms with van der Waals surface area (Å²) in [6, 6.07) is 0.723. The van der Waals surface area contributed by atoms with E-state index in [2.05, 4.69) is 27.3 Å². The molecule has 0 saturated carbocycles. The molecule has 0 radical (unpaired) electrons. The van der Waals surface area contributed by atoms with Gasteiger partial charge in [-0.3, -0.25) is 0 Å². The van der Waals surface area contributed by atoms with Gasteiger partial charge in [-0.25, -0.2) is 8.78 Å². The summed E-state index contributed by atoms with van der Waals surface area (Å²) in [5.41, 5.74) is 0.231. The van der Waals surface area contributed by atoms with Gasteiger partial charge >= 0.3 is 0 Å². The summed E-state index contributed by atoms with van der Waals surface area (Å²) in [4.78, 5) is 0. The van der Waals surface area contributed by atoms with Gasteiger partial charge in [0.15, 0.2) is 11.6 Å². The zero-order valence-electron chi connectivity index (χ0n) is 13.9. The van der Waals surface area contributed by atoms with E-state index >= 15 is 0 Å². The number of rotatable bonds is 4. The van der Waals surface area contributed by atoms with Crippen LogP contribution in [-0.2, 0) is 17.8 Å². The van der Waals surface area contributed by atoms with E-state index in [0.29, 0.717) is 22.2 Å². The van der Waals surface area contributed by atoms with Gasteiger partial charge in [0, 0.05) is 33.3 Å². The first kappa shape index (κ1) is 19.2. The van der Waals surface area contributed by atoms with Crippen molar-refractivity contribution in [3.8, 4) is 5.75 Å². The number of benzene rings is 1. The lowest BCUT2D eigenvalue weighted by atomic mass is 9.98. The normalized spacial score (nSPS) is 23.3. The van der Waals surface area contributed by atoms with Crippen molar-refractivity contribution in [3.05, 3.63) is 28.8 Å². The largest absolute Gasteiger partial charge is 0.598 e. The van der Waals surface area contributed by atoms with Crippen molar-refractivity contribution in [2.75, 3.05) is 4.43 Å². The minimum Gasteiger partial charge on any atom is -0.598 e. The third-order valence-corrected chi connectivity index (χ3v) is 7.08. The Labute approximate surface area is 153 Å². The summed E-state index contributed by atoms with van der Waals surface area (Å²) in [6.45, 7) is 9.21. The molecule has 23 heavy (non-hydrogen) atoms. The highest BCUT2D eigenvalue weighted by Gasteiger charge is 2.40. The molecule has 3 nitrogen and oxygen atoms in total. The zero-order valence-corrected chi connectivity index (χ0v) is 16.9. The summed E-state index contributed by atoms with van der Waals surface area (Å²) in [7, 11) is 0. The fraction of sp³-hybridized carbons (Fsp3) is 0.625. The van der Waals surface area contributed by atoms with E-state index in [1.54, 1.807) is 6.92 Å². The van der Waals surface area contributed by atoms with Gasteiger partial charge in [-0.05, 0) is 40.7 Å². The average molecular weight is 457 g/mol. The predicted molar refractivity (Wildman–Crippen MR) is 97.4 cm³/mol. The molecule has 1 aromatic carbocycles. The van der Waals surface area contributed by atoms with E-state index in [1.165, 1.54) is 0 Å². The van der Waals surface area contributed by atoms with Gasteiger partial charge in [-0.1, -0.05) is 22.6 Å². The second-order valence-corrected chi connectivity index (χ2v) is 9.91. The van der Waals surface area contributed by atoms with Crippen LogP contribution in [-0.4, -0.2) is 19.3 Å². The lowest BCUT2D eigenvalue weighted by molar-refractivity contribution is 0.145. The number of ether oxygens (including phenoxy) is 1. The maximum Gasteiger partial charge on any atom is 0.165 e. The molecule has 0 amide bonds. The Morgan fingerprint density at radius 1 is 1.48 bits per heavy atom. The monoisotopic (exact) mass is 457 g/mol. The Morgan fingerprint density at radius 3 is 2.61 bits per heavy atom. The van der Waals surface area contributed by atoms with Crippen molar-refractivity contribution >= 4 is 34.0 Å². The molecular formula is C16H22F2INO2S. The van der Waals surface area contributed by atoms with Crippen LogP contribution < -0.4 is 9.46 Å². The van der Waals surface area contributed by atoms with Crippen LogP contribution in [0.4, 0.5) is 8.78 Å². The summed E-state index contributed by atoms with van der Waals surface area (Å²) in [5.74, 6) is -1.36. The van der Waals surface area contributed by atoms with Crippen LogP contribution in [0.25, 0.3) is 0 Å². The molecule has 7 heteroatoms. The van der Waals surface area contributed by atoms with E-state index in [9.17, 15) is 13.3 Å². The maximum absolute atomic E-state index is 14.1. The minimum absolute atomic E-state index is 0.273. The van der Waals surface area contributed by atoms with Gasteiger partial charge < -0.3 is 9.29 Å². The molecule has 3 atom stereocenters. The summed E-state index contributed by atoms with van der Waals surface area (Å²) in [5, 5.41) is 0. The second kappa shape index (κ2) is 6.65. The molecule has 1 aromatic rings. The van der Waals surface area contributed by atoms with Crippen molar-refractivity contribution in [2.45, 2.75) is 57.4 Å². The summed E-state index contributed by atoms with van der Waals surface area (Å²) >= 11 is 0.858. The van der Waals surface area contributed by atoms with Crippen molar-refractivity contribution in [1.29, 1.82) is 0 Å². The Balaban J connectivity index is 2.38. The van der Waals surface area contributed by atoms with Crippen molar-refractivity contribution in [3.63, 3.8) is 0 Å². The van der Waals surface area contributed by atoms with Gasteiger partial charge in [0.05, 0.1) is 6.04 Å². The lowest BCUT2D eigenvalue weighted by Gasteiger charge is -2.27. The van der Waals surface area contributed by atoms with E-state index in [4.69, 9.17) is 4.74 Å². The van der Waals surface area contributed by atoms with Crippen molar-refractivity contribution in [1.82, 2.24) is 4.72 Å². The molecule has 0 saturated heterocycles. The molecule has 0 fully saturated rings. The van der Waals surface area contributed by atoms with Crippen LogP contribution >= 0.6 is 22.6 Å². The van der Waals surface area contributed by atoms with Crippen molar-refractivity contribution < 1.29 is 18.1 Å². The van der Waals surface area contributed by atoms with Crippen LogP contribution in [0.3, 0.4) is 0 Å². The summed E-state index contributed by atoms with van der Waals surface area (Å²) < 4.78 is 49.5. The first-order valence-corrected chi connectivity index (χ1v) is 10.1. The van der Waals surface area contributed by atoms with Gasteiger partial charge in [-0.15, -0.1) is 4.72 Å². The number of hydrogen-bond donors (Lipinski definition) is 1. The quantitative estimate of drug-likeness (QED) is 0.419. The highest BCUT2D eigenvalue weighted by molar-refractivity contribution is 14.1. The predicted octanol–water partition coefficient (Wildman–Crippen LogP) is 4.21.